The number of phenols is 1. The molecule has 114 valence electrons. The Balaban J connectivity index is 1.53. The Labute approximate surface area is 128 Å². The third kappa shape index (κ3) is 2.47. The van der Waals surface area contributed by atoms with Crippen LogP contribution in [0.1, 0.15) is 54.3 Å². The van der Waals surface area contributed by atoms with Gasteiger partial charge in [-0.3, -0.25) is 9.89 Å². The van der Waals surface area contributed by atoms with E-state index in [1.807, 2.05) is 12.1 Å². The van der Waals surface area contributed by atoms with Gasteiger partial charge in [0.05, 0.1) is 5.92 Å². The number of carbonyl (C=O) groups excluding carboxylic acids is 1. The van der Waals surface area contributed by atoms with Crippen LogP contribution in [0.2, 0.25) is 0 Å². The van der Waals surface area contributed by atoms with Gasteiger partial charge >= 0.3 is 0 Å². The van der Waals surface area contributed by atoms with Crippen LogP contribution >= 0.6 is 0 Å². The highest BCUT2D eigenvalue weighted by atomic mass is 16.3. The van der Waals surface area contributed by atoms with Gasteiger partial charge in [0.2, 0.25) is 5.91 Å². The molecule has 4 rings (SSSR count). The van der Waals surface area contributed by atoms with Crippen LogP contribution in [-0.2, 0) is 11.2 Å². The van der Waals surface area contributed by atoms with Gasteiger partial charge in [-0.25, -0.2) is 0 Å². The van der Waals surface area contributed by atoms with E-state index >= 15 is 0 Å². The van der Waals surface area contributed by atoms with Crippen LogP contribution in [-0.4, -0.2) is 21.2 Å². The molecule has 1 heterocycles. The van der Waals surface area contributed by atoms with Gasteiger partial charge < -0.3 is 10.4 Å². The Morgan fingerprint density at radius 3 is 2.95 bits per heavy atom. The summed E-state index contributed by atoms with van der Waals surface area (Å²) in [7, 11) is 0. The summed E-state index contributed by atoms with van der Waals surface area (Å²) in [6.07, 6.45) is 5.12. The van der Waals surface area contributed by atoms with Gasteiger partial charge in [0, 0.05) is 17.7 Å². The molecule has 22 heavy (non-hydrogen) atoms. The Hall–Kier alpha value is -2.30. The zero-order valence-corrected chi connectivity index (χ0v) is 12.3. The van der Waals surface area contributed by atoms with Crippen molar-refractivity contribution >= 4 is 11.7 Å². The quantitative estimate of drug-likeness (QED) is 0.814. The highest BCUT2D eigenvalue weighted by Crippen LogP contribution is 2.40. The van der Waals surface area contributed by atoms with Gasteiger partial charge in [-0.2, -0.15) is 5.10 Å². The van der Waals surface area contributed by atoms with E-state index in [1.165, 1.54) is 12.8 Å². The van der Waals surface area contributed by atoms with Crippen LogP contribution in [0, 0.1) is 0 Å². The summed E-state index contributed by atoms with van der Waals surface area (Å²) in [5.41, 5.74) is 3.22. The van der Waals surface area contributed by atoms with Gasteiger partial charge in [-0.15, -0.1) is 0 Å². The monoisotopic (exact) mass is 297 g/mol. The van der Waals surface area contributed by atoms with Gasteiger partial charge in [-0.1, -0.05) is 6.07 Å². The largest absolute Gasteiger partial charge is 0.508 e. The molecule has 2 aromatic rings. The predicted molar refractivity (Wildman–Crippen MR) is 83.0 cm³/mol. The molecule has 0 aliphatic heterocycles. The summed E-state index contributed by atoms with van der Waals surface area (Å²) >= 11 is 0. The summed E-state index contributed by atoms with van der Waals surface area (Å²) in [5, 5.41) is 19.7. The number of aryl methyl sites for hydroxylation is 1. The smallest absolute Gasteiger partial charge is 0.233 e. The number of hydrogen-bond acceptors (Lipinski definition) is 3. The molecular weight excluding hydrogens is 278 g/mol. The number of carbonyl (C=O) groups is 1. The second kappa shape index (κ2) is 5.16. The highest BCUT2D eigenvalue weighted by Gasteiger charge is 2.28. The number of aromatic nitrogens is 2. The number of aromatic amines is 1. The first kappa shape index (κ1) is 13.4. The van der Waals surface area contributed by atoms with Crippen molar-refractivity contribution in [1.29, 1.82) is 0 Å². The van der Waals surface area contributed by atoms with Crippen LogP contribution in [0.3, 0.4) is 0 Å². The minimum Gasteiger partial charge on any atom is -0.508 e. The zero-order valence-electron chi connectivity index (χ0n) is 12.3. The molecule has 0 radical (unpaired) electrons. The molecule has 2 aliphatic carbocycles. The van der Waals surface area contributed by atoms with Crippen LogP contribution in [0.25, 0.3) is 0 Å². The van der Waals surface area contributed by atoms with Crippen LogP contribution in [0.4, 0.5) is 5.82 Å². The van der Waals surface area contributed by atoms with Gasteiger partial charge in [-0.05, 0) is 55.4 Å². The van der Waals surface area contributed by atoms with Crippen molar-refractivity contribution in [2.75, 3.05) is 5.32 Å². The van der Waals surface area contributed by atoms with Crippen molar-refractivity contribution in [3.05, 3.63) is 41.1 Å². The number of amides is 1. The third-order valence-corrected chi connectivity index (χ3v) is 4.62. The molecule has 1 fully saturated rings. The number of hydrogen-bond donors (Lipinski definition) is 3. The topological polar surface area (TPSA) is 78.0 Å². The minimum atomic E-state index is -0.162. The number of nitrogens with zero attached hydrogens (tertiary/aromatic N) is 1. The zero-order chi connectivity index (χ0) is 15.1. The third-order valence-electron chi connectivity index (χ3n) is 4.62. The fourth-order valence-corrected chi connectivity index (χ4v) is 3.29. The number of rotatable bonds is 3. The van der Waals surface area contributed by atoms with E-state index in [1.54, 1.807) is 12.1 Å². The number of aromatic hydroxyl groups is 1. The Kier molecular flexibility index (Phi) is 3.13. The molecule has 2 aliphatic rings. The normalized spacial score (nSPS) is 20.5. The number of nitrogens with one attached hydrogen (secondary N) is 2. The molecule has 3 N–H and O–H groups in total. The van der Waals surface area contributed by atoms with Crippen LogP contribution in [0.5, 0.6) is 5.75 Å². The molecule has 5 heteroatoms. The number of H-pyrrole nitrogens is 1. The van der Waals surface area contributed by atoms with Gasteiger partial charge in [0.25, 0.3) is 0 Å². The fraction of sp³-hybridized carbons (Fsp3) is 0.412. The lowest BCUT2D eigenvalue weighted by molar-refractivity contribution is -0.117. The Morgan fingerprint density at radius 1 is 1.27 bits per heavy atom. The molecule has 0 bridgehead atoms. The summed E-state index contributed by atoms with van der Waals surface area (Å²) in [4.78, 5) is 12.6. The molecule has 1 aromatic heterocycles. The molecule has 0 spiro atoms. The van der Waals surface area contributed by atoms with Crippen LogP contribution in [0.15, 0.2) is 24.3 Å². The van der Waals surface area contributed by atoms with Crippen molar-refractivity contribution < 1.29 is 9.90 Å². The molecule has 5 nitrogen and oxygen atoms in total. The number of fused-ring (bicyclic) bond motifs is 1. The Bertz CT molecular complexity index is 718. The van der Waals surface area contributed by atoms with E-state index in [-0.39, 0.29) is 17.6 Å². The maximum atomic E-state index is 12.6. The van der Waals surface area contributed by atoms with Gasteiger partial charge in [0.1, 0.15) is 5.75 Å². The van der Waals surface area contributed by atoms with Crippen LogP contribution < -0.4 is 5.32 Å². The van der Waals surface area contributed by atoms with Crippen molar-refractivity contribution in [1.82, 2.24) is 10.2 Å². The number of phenolic OH excluding ortho intramolecular Hbond substituents is 1. The molecule has 1 atom stereocenters. The summed E-state index contributed by atoms with van der Waals surface area (Å²) < 4.78 is 0. The lowest BCUT2D eigenvalue weighted by Gasteiger charge is -2.24. The van der Waals surface area contributed by atoms with Crippen molar-refractivity contribution in [2.24, 2.45) is 0 Å². The van der Waals surface area contributed by atoms with Crippen molar-refractivity contribution in [2.45, 2.75) is 43.9 Å². The Morgan fingerprint density at radius 2 is 2.14 bits per heavy atom. The van der Waals surface area contributed by atoms with E-state index in [0.29, 0.717) is 11.7 Å². The number of anilines is 1. The van der Waals surface area contributed by atoms with E-state index in [0.717, 1.165) is 36.1 Å². The first-order valence-corrected chi connectivity index (χ1v) is 7.88. The van der Waals surface area contributed by atoms with E-state index in [9.17, 15) is 9.90 Å². The van der Waals surface area contributed by atoms with Gasteiger partial charge in [0.15, 0.2) is 5.82 Å². The lowest BCUT2D eigenvalue weighted by Crippen LogP contribution is -2.24. The molecule has 1 aromatic carbocycles. The maximum absolute atomic E-state index is 12.6. The highest BCUT2D eigenvalue weighted by molar-refractivity contribution is 5.95. The molecule has 1 amide bonds. The summed E-state index contributed by atoms with van der Waals surface area (Å²) in [6.45, 7) is 0. The average Bonchev–Trinajstić information content (AvgIpc) is 3.26. The first-order valence-electron chi connectivity index (χ1n) is 7.88. The van der Waals surface area contributed by atoms with E-state index < -0.39 is 0 Å². The maximum Gasteiger partial charge on any atom is 0.233 e. The molecular formula is C17H19N3O2. The average molecular weight is 297 g/mol. The minimum absolute atomic E-state index is 0.0134. The number of benzene rings is 1. The lowest BCUT2D eigenvalue weighted by atomic mass is 9.82. The molecule has 0 saturated heterocycles. The second-order valence-corrected chi connectivity index (χ2v) is 6.30. The summed E-state index contributed by atoms with van der Waals surface area (Å²) in [6, 6.07) is 7.24. The van der Waals surface area contributed by atoms with E-state index in [4.69, 9.17) is 0 Å². The predicted octanol–water partition coefficient (Wildman–Crippen LogP) is 3.05. The standard InChI is InChI=1S/C17H19N3O2/c21-12-6-7-13-11(8-12)2-1-3-14(13)17(22)18-16-9-15(19-20-16)10-4-5-10/h6-10,14,21H,1-5H2,(H2,18,19,20,22). The summed E-state index contributed by atoms with van der Waals surface area (Å²) in [5.74, 6) is 1.29. The van der Waals surface area contributed by atoms with Crippen molar-refractivity contribution in [3.63, 3.8) is 0 Å². The second-order valence-electron chi connectivity index (χ2n) is 6.30. The molecule has 1 saturated carbocycles. The SMILES string of the molecule is O=C(Nc1cc(C2CC2)[nH]n1)C1CCCc2cc(O)ccc21. The fourth-order valence-electron chi connectivity index (χ4n) is 3.29. The molecule has 1 unspecified atom stereocenters. The van der Waals surface area contributed by atoms with E-state index in [2.05, 4.69) is 15.5 Å². The first-order chi connectivity index (χ1) is 10.7. The van der Waals surface area contributed by atoms with Crippen molar-refractivity contribution in [3.8, 4) is 5.75 Å².